The van der Waals surface area contributed by atoms with Crippen molar-refractivity contribution in [2.45, 2.75) is 47.0 Å². The fourth-order valence-electron chi connectivity index (χ4n) is 4.71. The van der Waals surface area contributed by atoms with Gasteiger partial charge in [-0.25, -0.2) is 31.5 Å². The van der Waals surface area contributed by atoms with Crippen LogP contribution in [0.15, 0.2) is 33.5 Å². The summed E-state index contributed by atoms with van der Waals surface area (Å²) >= 11 is 0.438. The van der Waals surface area contributed by atoms with Crippen molar-refractivity contribution in [3.63, 3.8) is 0 Å². The number of hydrogen-bond acceptors (Lipinski definition) is 9. The third-order valence-electron chi connectivity index (χ3n) is 6.76. The highest BCUT2D eigenvalue weighted by atomic mass is 32.2. The lowest BCUT2D eigenvalue weighted by Crippen LogP contribution is -2.24. The van der Waals surface area contributed by atoms with Crippen LogP contribution in [0.4, 0.5) is 24.8 Å². The molecule has 1 aromatic carbocycles. The molecule has 0 amide bonds. The Morgan fingerprint density at radius 3 is 2.58 bits per heavy atom. The Balaban J connectivity index is 1.47. The van der Waals surface area contributed by atoms with Gasteiger partial charge in [-0.1, -0.05) is 6.07 Å². The lowest BCUT2D eigenvalue weighted by molar-refractivity contribution is -0.137. The zero-order valence-corrected chi connectivity index (χ0v) is 22.2. The van der Waals surface area contributed by atoms with Crippen LogP contribution in [-0.2, 0) is 39.0 Å². The average molecular weight is 586 g/mol. The Morgan fingerprint density at radius 1 is 1.05 bits per heavy atom. The second-order valence-electron chi connectivity index (χ2n) is 9.47. The molecule has 0 unspecified atom stereocenters. The molecule has 0 radical (unpaired) electrons. The Bertz CT molecular complexity index is 1610. The van der Waals surface area contributed by atoms with Crippen LogP contribution in [0.3, 0.4) is 0 Å². The molecule has 15 heteroatoms. The van der Waals surface area contributed by atoms with Gasteiger partial charge in [-0.15, -0.1) is 11.3 Å². The maximum Gasteiger partial charge on any atom is 0.420 e. The molecule has 0 spiro atoms. The fraction of sp³-hybridized carbons (Fsp3) is 0.391. The van der Waals surface area contributed by atoms with Crippen molar-refractivity contribution in [1.82, 2.24) is 20.0 Å². The minimum atomic E-state index is -4.86. The largest absolute Gasteiger partial charge is 0.420 e. The molecular formula is C23H22F3N5O4S3. The molecule has 1 fully saturated rings. The van der Waals surface area contributed by atoms with Gasteiger partial charge in [0, 0.05) is 25.0 Å². The molecule has 3 aliphatic rings. The van der Waals surface area contributed by atoms with Crippen LogP contribution in [0.1, 0.15) is 41.0 Å². The highest BCUT2D eigenvalue weighted by Gasteiger charge is 2.39. The minimum Gasteiger partial charge on any atom is -0.324 e. The number of halogens is 3. The zero-order chi connectivity index (χ0) is 26.9. The Hall–Kier alpha value is -2.59. The molecule has 2 aliphatic heterocycles. The van der Waals surface area contributed by atoms with E-state index in [9.17, 15) is 30.0 Å². The number of anilines is 2. The monoisotopic (exact) mass is 585 g/mol. The molecule has 9 nitrogen and oxygen atoms in total. The first-order chi connectivity index (χ1) is 17.9. The zero-order valence-electron chi connectivity index (χ0n) is 19.7. The highest BCUT2D eigenvalue weighted by Crippen LogP contribution is 2.46. The predicted octanol–water partition coefficient (Wildman–Crippen LogP) is 3.56. The van der Waals surface area contributed by atoms with E-state index in [1.54, 1.807) is 0 Å². The number of nitrogens with one attached hydrogen (secondary N) is 3. The topological polar surface area (TPSA) is 130 Å². The number of fused-ring (bicyclic) bond motifs is 2. The van der Waals surface area contributed by atoms with Crippen molar-refractivity contribution in [3.05, 3.63) is 46.6 Å². The Labute approximate surface area is 220 Å². The number of hydrogen-bond donors (Lipinski definition) is 3. The van der Waals surface area contributed by atoms with Gasteiger partial charge in [0.25, 0.3) is 10.0 Å². The number of nitrogens with zero attached hydrogens (tertiary/aromatic N) is 2. The SMILES string of the molecule is O=S1(=O)CCNS(=O)(=O)c2sc(-c3nc(Nc4cc5c(cc4C4CC4)CNCC5)ncc3C(F)(F)F)cc21. The molecule has 2 aromatic heterocycles. The summed E-state index contributed by atoms with van der Waals surface area (Å²) in [4.78, 5) is 7.30. The molecule has 0 atom stereocenters. The van der Waals surface area contributed by atoms with E-state index >= 15 is 0 Å². The van der Waals surface area contributed by atoms with E-state index < -0.39 is 52.2 Å². The summed E-state index contributed by atoms with van der Waals surface area (Å²) in [6, 6.07) is 5.07. The summed E-state index contributed by atoms with van der Waals surface area (Å²) in [5.74, 6) is -0.263. The molecule has 0 saturated heterocycles. The summed E-state index contributed by atoms with van der Waals surface area (Å²) in [7, 11) is -8.25. The highest BCUT2D eigenvalue weighted by molar-refractivity contribution is 7.95. The third-order valence-corrected chi connectivity index (χ3v) is 11.9. The number of sulfone groups is 1. The fourth-order valence-corrected chi connectivity index (χ4v) is 9.77. The van der Waals surface area contributed by atoms with E-state index in [2.05, 4.69) is 31.4 Å². The van der Waals surface area contributed by atoms with Gasteiger partial charge < -0.3 is 10.6 Å². The van der Waals surface area contributed by atoms with Crippen molar-refractivity contribution in [2.24, 2.45) is 0 Å². The third kappa shape index (κ3) is 4.70. The summed E-state index contributed by atoms with van der Waals surface area (Å²) < 4.78 is 94.0. The Kier molecular flexibility index (Phi) is 6.07. The molecule has 0 bridgehead atoms. The summed E-state index contributed by atoms with van der Waals surface area (Å²) in [6.45, 7) is 1.25. The van der Waals surface area contributed by atoms with Gasteiger partial charge in [-0.05, 0) is 60.5 Å². The van der Waals surface area contributed by atoms with Crippen LogP contribution in [0, 0.1) is 0 Å². The average Bonchev–Trinajstić information content (AvgIpc) is 3.59. The summed E-state index contributed by atoms with van der Waals surface area (Å²) in [5, 5.41) is 6.42. The first-order valence-corrected chi connectivity index (χ1v) is 15.8. The number of thiophene rings is 1. The Morgan fingerprint density at radius 2 is 1.84 bits per heavy atom. The van der Waals surface area contributed by atoms with Crippen LogP contribution < -0.4 is 15.4 Å². The maximum atomic E-state index is 14.0. The standard InChI is InChI=1S/C23H22F3N5O4S3/c24-23(25,26)16-11-28-22(30-17-8-13-3-4-27-10-14(13)7-15(17)12-1-2-12)31-20(16)18-9-19-21(36-18)38(34,35)29-5-6-37(19,32)33/h7-9,11-12,27,29H,1-6,10H2,(H,28,30,31). The summed E-state index contributed by atoms with van der Waals surface area (Å²) in [6.07, 6.45) is -1.39. The smallest absolute Gasteiger partial charge is 0.324 e. The van der Waals surface area contributed by atoms with E-state index in [-0.39, 0.29) is 17.4 Å². The van der Waals surface area contributed by atoms with Gasteiger partial charge in [-0.2, -0.15) is 13.2 Å². The van der Waals surface area contributed by atoms with Crippen molar-refractivity contribution in [2.75, 3.05) is 24.2 Å². The molecule has 202 valence electrons. The van der Waals surface area contributed by atoms with Gasteiger partial charge in [0.1, 0.15) is 5.56 Å². The van der Waals surface area contributed by atoms with Crippen LogP contribution in [0.5, 0.6) is 0 Å². The van der Waals surface area contributed by atoms with Crippen LogP contribution in [0.25, 0.3) is 10.6 Å². The first kappa shape index (κ1) is 25.7. The lowest BCUT2D eigenvalue weighted by atomic mass is 9.95. The molecule has 3 aromatic rings. The molecule has 6 rings (SSSR count). The number of sulfonamides is 1. The minimum absolute atomic E-state index is 0.101. The van der Waals surface area contributed by atoms with E-state index in [4.69, 9.17) is 0 Å². The van der Waals surface area contributed by atoms with Crippen molar-refractivity contribution in [1.29, 1.82) is 0 Å². The van der Waals surface area contributed by atoms with Crippen molar-refractivity contribution >= 4 is 42.8 Å². The number of benzene rings is 1. The van der Waals surface area contributed by atoms with E-state index in [0.29, 0.717) is 23.5 Å². The molecule has 1 saturated carbocycles. The van der Waals surface area contributed by atoms with Gasteiger partial charge >= 0.3 is 6.18 Å². The quantitative estimate of drug-likeness (QED) is 0.424. The second kappa shape index (κ2) is 8.98. The molecule has 1 aliphatic carbocycles. The van der Waals surface area contributed by atoms with Crippen LogP contribution in [-0.4, -0.2) is 45.6 Å². The number of aromatic nitrogens is 2. The molecular weight excluding hydrogens is 563 g/mol. The molecule has 3 N–H and O–H groups in total. The van der Waals surface area contributed by atoms with E-state index in [1.165, 1.54) is 5.56 Å². The van der Waals surface area contributed by atoms with Gasteiger partial charge in [0.05, 0.1) is 21.2 Å². The number of alkyl halides is 3. The molecule has 4 heterocycles. The predicted molar refractivity (Wildman–Crippen MR) is 135 cm³/mol. The normalized spacial score (nSPS) is 20.3. The van der Waals surface area contributed by atoms with Gasteiger partial charge in [-0.3, -0.25) is 0 Å². The van der Waals surface area contributed by atoms with E-state index in [1.807, 2.05) is 6.07 Å². The van der Waals surface area contributed by atoms with Crippen molar-refractivity contribution < 1.29 is 30.0 Å². The van der Waals surface area contributed by atoms with Crippen LogP contribution >= 0.6 is 11.3 Å². The first-order valence-electron chi connectivity index (χ1n) is 11.9. The second-order valence-corrected chi connectivity index (χ2v) is 14.6. The lowest BCUT2D eigenvalue weighted by Gasteiger charge is -2.21. The van der Waals surface area contributed by atoms with Gasteiger partial charge in [0.15, 0.2) is 14.0 Å². The van der Waals surface area contributed by atoms with Crippen LogP contribution in [0.2, 0.25) is 0 Å². The number of rotatable bonds is 4. The van der Waals surface area contributed by atoms with Gasteiger partial charge in [0.2, 0.25) is 5.95 Å². The van der Waals surface area contributed by atoms with E-state index in [0.717, 1.165) is 55.2 Å². The molecule has 38 heavy (non-hydrogen) atoms. The summed E-state index contributed by atoms with van der Waals surface area (Å²) in [5.41, 5.74) is 2.30. The maximum absolute atomic E-state index is 14.0. The van der Waals surface area contributed by atoms with Crippen molar-refractivity contribution in [3.8, 4) is 10.6 Å².